The summed E-state index contributed by atoms with van der Waals surface area (Å²) in [6.07, 6.45) is -21.1. The molecule has 0 aromatic heterocycles. The molecule has 0 spiro atoms. The molecule has 0 saturated heterocycles. The van der Waals surface area contributed by atoms with Gasteiger partial charge < -0.3 is 0 Å². The van der Waals surface area contributed by atoms with E-state index in [9.17, 15) is 48.3 Å². The highest BCUT2D eigenvalue weighted by molar-refractivity contribution is 4.98. The SMILES string of the molecule is C=C[C@@](F)(OC(F)(F)C(F)(F)C(F)(F)F)C(F)(F)F. The lowest BCUT2D eigenvalue weighted by Gasteiger charge is -2.33. The molecule has 1 atom stereocenters. The molecule has 0 heterocycles. The van der Waals surface area contributed by atoms with Crippen LogP contribution in [0.25, 0.3) is 0 Å². The monoisotopic (exact) mass is 312 g/mol. The Morgan fingerprint density at radius 2 is 1.05 bits per heavy atom. The summed E-state index contributed by atoms with van der Waals surface area (Å²) in [5.41, 5.74) is 0. The highest BCUT2D eigenvalue weighted by Crippen LogP contribution is 2.51. The van der Waals surface area contributed by atoms with Crippen LogP contribution in [-0.4, -0.2) is 30.2 Å². The van der Waals surface area contributed by atoms with Crippen molar-refractivity contribution in [2.75, 3.05) is 0 Å². The highest BCUT2D eigenvalue weighted by Gasteiger charge is 2.77. The molecule has 19 heavy (non-hydrogen) atoms. The summed E-state index contributed by atoms with van der Waals surface area (Å²) < 4.78 is 134. The minimum Gasteiger partial charge on any atom is -0.266 e. The number of rotatable bonds is 4. The predicted octanol–water partition coefficient (Wildman–Crippen LogP) is 4.21. The van der Waals surface area contributed by atoms with Crippen LogP contribution in [0.4, 0.5) is 48.3 Å². The Morgan fingerprint density at radius 1 is 0.684 bits per heavy atom. The Bertz CT molecular complexity index is 340. The van der Waals surface area contributed by atoms with E-state index in [1.807, 2.05) is 11.3 Å². The number of alkyl halides is 11. The van der Waals surface area contributed by atoms with Crippen molar-refractivity contribution in [3.8, 4) is 0 Å². The molecule has 0 amide bonds. The molecule has 0 aromatic rings. The third-order valence-electron chi connectivity index (χ3n) is 1.65. The van der Waals surface area contributed by atoms with Crippen molar-refractivity contribution in [3.05, 3.63) is 12.7 Å². The number of hydrogen-bond donors (Lipinski definition) is 0. The van der Waals surface area contributed by atoms with Crippen LogP contribution in [0.2, 0.25) is 0 Å². The normalized spacial score (nSPS) is 18.1. The molecule has 0 aliphatic heterocycles. The van der Waals surface area contributed by atoms with Crippen LogP contribution in [0.3, 0.4) is 0 Å². The van der Waals surface area contributed by atoms with Crippen molar-refractivity contribution >= 4 is 0 Å². The second-order valence-corrected chi connectivity index (χ2v) is 3.04. The molecule has 0 aliphatic carbocycles. The molecule has 0 bridgehead atoms. The number of ether oxygens (including phenoxy) is 1. The van der Waals surface area contributed by atoms with Crippen molar-refractivity contribution in [3.63, 3.8) is 0 Å². The van der Waals surface area contributed by atoms with E-state index in [4.69, 9.17) is 0 Å². The largest absolute Gasteiger partial charge is 0.462 e. The summed E-state index contributed by atoms with van der Waals surface area (Å²) in [6, 6.07) is 0. The second kappa shape index (κ2) is 4.49. The zero-order valence-corrected chi connectivity index (χ0v) is 8.35. The lowest BCUT2D eigenvalue weighted by molar-refractivity contribution is -0.473. The fraction of sp³-hybridized carbons (Fsp3) is 0.714. The molecule has 12 heteroatoms. The Hall–Kier alpha value is -1.07. The Labute approximate surface area is 97.2 Å². The van der Waals surface area contributed by atoms with Gasteiger partial charge in [0.1, 0.15) is 0 Å². The lowest BCUT2D eigenvalue weighted by atomic mass is 10.2. The zero-order valence-electron chi connectivity index (χ0n) is 8.35. The molecule has 0 rings (SSSR count). The quantitative estimate of drug-likeness (QED) is 0.558. The minimum atomic E-state index is -7.04. The summed E-state index contributed by atoms with van der Waals surface area (Å²) in [7, 11) is 0. The minimum absolute atomic E-state index is 1.02. The standard InChI is InChI=1S/C7H3F11O/c1-2-3(8,5(11,12)13)19-7(17,18)4(9,10)6(14,15)16/h2H,1H2/t3-/m1/s1. The Kier molecular flexibility index (Phi) is 4.24. The van der Waals surface area contributed by atoms with Crippen LogP contribution in [-0.2, 0) is 4.74 Å². The smallest absolute Gasteiger partial charge is 0.266 e. The van der Waals surface area contributed by atoms with Gasteiger partial charge in [-0.15, -0.1) is 0 Å². The highest BCUT2D eigenvalue weighted by atomic mass is 19.4. The van der Waals surface area contributed by atoms with Gasteiger partial charge in [-0.3, -0.25) is 4.74 Å². The van der Waals surface area contributed by atoms with Crippen LogP contribution in [0.1, 0.15) is 0 Å². The van der Waals surface area contributed by atoms with Crippen molar-refractivity contribution < 1.29 is 53.0 Å². The van der Waals surface area contributed by atoms with E-state index in [2.05, 4.69) is 0 Å². The van der Waals surface area contributed by atoms with E-state index >= 15 is 0 Å². The average molecular weight is 312 g/mol. The van der Waals surface area contributed by atoms with Gasteiger partial charge >= 0.3 is 30.2 Å². The number of halogens is 11. The third-order valence-corrected chi connectivity index (χ3v) is 1.65. The molecule has 0 fully saturated rings. The van der Waals surface area contributed by atoms with Crippen molar-refractivity contribution in [1.29, 1.82) is 0 Å². The van der Waals surface area contributed by atoms with E-state index in [0.717, 1.165) is 0 Å². The summed E-state index contributed by atoms with van der Waals surface area (Å²) in [6.45, 7) is 2.05. The molecule has 0 aliphatic rings. The number of hydrogen-bond acceptors (Lipinski definition) is 1. The molecule has 0 unspecified atom stereocenters. The Morgan fingerprint density at radius 3 is 1.26 bits per heavy atom. The summed E-state index contributed by atoms with van der Waals surface area (Å²) >= 11 is 0. The maximum Gasteiger partial charge on any atom is 0.462 e. The van der Waals surface area contributed by atoms with Gasteiger partial charge in [-0.05, 0) is 6.08 Å². The van der Waals surface area contributed by atoms with Gasteiger partial charge in [-0.25, -0.2) is 0 Å². The maximum absolute atomic E-state index is 12.8. The third kappa shape index (κ3) is 3.09. The van der Waals surface area contributed by atoms with Crippen LogP contribution in [0.5, 0.6) is 0 Å². The van der Waals surface area contributed by atoms with Gasteiger partial charge in [0.15, 0.2) is 0 Å². The summed E-state index contributed by atoms with van der Waals surface area (Å²) in [5, 5.41) is 0. The van der Waals surface area contributed by atoms with Crippen LogP contribution in [0, 0.1) is 0 Å². The summed E-state index contributed by atoms with van der Waals surface area (Å²) in [4.78, 5) is 0. The molecule has 114 valence electrons. The van der Waals surface area contributed by atoms with E-state index in [-0.39, 0.29) is 0 Å². The molecular formula is C7H3F11O. The van der Waals surface area contributed by atoms with Crippen molar-refractivity contribution in [2.45, 2.75) is 30.2 Å². The first-order valence-corrected chi connectivity index (χ1v) is 3.93. The van der Waals surface area contributed by atoms with Gasteiger partial charge in [0.05, 0.1) is 0 Å². The first-order chi connectivity index (χ1) is 8.02. The van der Waals surface area contributed by atoms with Gasteiger partial charge in [0.2, 0.25) is 0 Å². The van der Waals surface area contributed by atoms with E-state index in [1.54, 1.807) is 0 Å². The molecule has 0 aromatic carbocycles. The van der Waals surface area contributed by atoms with E-state index in [1.165, 1.54) is 0 Å². The maximum atomic E-state index is 12.8. The fourth-order valence-electron chi connectivity index (χ4n) is 0.631. The fourth-order valence-corrected chi connectivity index (χ4v) is 0.631. The first-order valence-electron chi connectivity index (χ1n) is 3.93. The van der Waals surface area contributed by atoms with Crippen LogP contribution < -0.4 is 0 Å². The molecular weight excluding hydrogens is 309 g/mol. The first kappa shape index (κ1) is 17.9. The molecule has 1 nitrogen and oxygen atoms in total. The van der Waals surface area contributed by atoms with Gasteiger partial charge in [-0.1, -0.05) is 6.58 Å². The summed E-state index contributed by atoms with van der Waals surface area (Å²) in [5.74, 6) is -12.6. The predicted molar refractivity (Wildman–Crippen MR) is 37.1 cm³/mol. The van der Waals surface area contributed by atoms with Crippen LogP contribution in [0.15, 0.2) is 12.7 Å². The van der Waals surface area contributed by atoms with Gasteiger partial charge in [-0.2, -0.15) is 48.3 Å². The molecule has 0 saturated carbocycles. The molecule has 0 N–H and O–H groups in total. The van der Waals surface area contributed by atoms with E-state index < -0.39 is 36.3 Å². The Balaban J connectivity index is 5.55. The van der Waals surface area contributed by atoms with E-state index in [0.29, 0.717) is 0 Å². The van der Waals surface area contributed by atoms with Crippen molar-refractivity contribution in [1.82, 2.24) is 0 Å². The topological polar surface area (TPSA) is 9.23 Å². The van der Waals surface area contributed by atoms with Crippen LogP contribution >= 0.6 is 0 Å². The van der Waals surface area contributed by atoms with Gasteiger partial charge in [0.25, 0.3) is 0 Å². The molecule has 0 radical (unpaired) electrons. The average Bonchev–Trinajstić information content (AvgIpc) is 2.12. The zero-order chi connectivity index (χ0) is 15.9. The van der Waals surface area contributed by atoms with Gasteiger partial charge in [0, 0.05) is 0 Å². The second-order valence-electron chi connectivity index (χ2n) is 3.04. The lowest BCUT2D eigenvalue weighted by Crippen LogP contribution is -2.58. The van der Waals surface area contributed by atoms with Crippen molar-refractivity contribution in [2.24, 2.45) is 0 Å².